The van der Waals surface area contributed by atoms with Crippen molar-refractivity contribution in [3.05, 3.63) is 73.4 Å². The molecule has 84 heavy (non-hydrogen) atoms. The molecule has 0 bridgehead atoms. The lowest BCUT2D eigenvalue weighted by atomic mass is 9.87. The molecule has 2 aromatic heterocycles. The molecule has 1 fully saturated rings. The van der Waals surface area contributed by atoms with Crippen molar-refractivity contribution < 1.29 is 85.3 Å². The lowest BCUT2D eigenvalue weighted by Crippen LogP contribution is -2.46. The molecule has 0 saturated carbocycles. The predicted molar refractivity (Wildman–Crippen MR) is 320 cm³/mol. The fraction of sp³-hybridized carbons (Fsp3) is 0.655. The smallest absolute Gasteiger partial charge is 0.386 e. The molecule has 7 unspecified atom stereocenters. The second-order valence-corrected chi connectivity index (χ2v) is 26.2. The normalized spacial score (nSPS) is 18.9. The van der Waals surface area contributed by atoms with Gasteiger partial charge in [0.2, 0.25) is 11.8 Å². The number of hydrogen-bond acceptors (Lipinski definition) is 19. The van der Waals surface area contributed by atoms with Gasteiger partial charge < -0.3 is 50.9 Å². The molecule has 1 saturated heterocycles. The summed E-state index contributed by atoms with van der Waals surface area (Å²) in [6.45, 7) is 2.48. The number of aliphatic hydroxyl groups is 2. The van der Waals surface area contributed by atoms with Crippen LogP contribution in [0.4, 0.5) is 5.82 Å². The maximum atomic E-state index is 12.8. The number of aromatic nitrogens is 4. The van der Waals surface area contributed by atoms with Gasteiger partial charge in [-0.1, -0.05) is 164 Å². The fourth-order valence-electron chi connectivity index (χ4n) is 8.49. The van der Waals surface area contributed by atoms with Gasteiger partial charge in [0.15, 0.2) is 22.8 Å². The summed E-state index contributed by atoms with van der Waals surface area (Å²) >= 11 is 0.941. The van der Waals surface area contributed by atoms with E-state index in [1.54, 1.807) is 0 Å². The number of aliphatic hydroxyl groups excluding tert-OH is 2. The number of phosphoric acid groups is 3. The molecule has 0 radical (unpaired) electrons. The summed E-state index contributed by atoms with van der Waals surface area (Å²) in [5.74, 6) is -1.40. The van der Waals surface area contributed by atoms with Gasteiger partial charge in [-0.2, -0.15) is 4.31 Å². The van der Waals surface area contributed by atoms with Crippen LogP contribution in [0, 0.1) is 5.41 Å². The number of allylic oxidation sites excluding steroid dienone is 10. The highest BCUT2D eigenvalue weighted by atomic mass is 32.2. The first-order valence-corrected chi connectivity index (χ1v) is 34.3. The van der Waals surface area contributed by atoms with Gasteiger partial charge in [-0.3, -0.25) is 37.3 Å². The second kappa shape index (κ2) is 40.4. The second-order valence-electron chi connectivity index (χ2n) is 20.8. The van der Waals surface area contributed by atoms with Crippen molar-refractivity contribution in [1.82, 2.24) is 30.2 Å². The van der Waals surface area contributed by atoms with E-state index >= 15 is 0 Å². The van der Waals surface area contributed by atoms with E-state index in [0.29, 0.717) is 6.42 Å². The van der Waals surface area contributed by atoms with Crippen molar-refractivity contribution in [3.8, 4) is 0 Å². The Kier molecular flexibility index (Phi) is 35.7. The number of thioether (sulfide) groups is 1. The van der Waals surface area contributed by atoms with Gasteiger partial charge in [-0.15, -0.1) is 0 Å². The minimum atomic E-state index is -5.60. The number of carbonyl (C=O) groups excluding carboxylic acids is 4. The summed E-state index contributed by atoms with van der Waals surface area (Å²) in [4.78, 5) is 101. The molecule has 1 aliphatic heterocycles. The Balaban J connectivity index is 1.16. The number of nitrogens with zero attached hydrogens (tertiary/aromatic N) is 4. The number of nitrogen functional groups attached to an aromatic ring is 1. The van der Waals surface area contributed by atoms with Gasteiger partial charge in [0.25, 0.3) is 0 Å². The number of imidazole rings is 1. The molecule has 0 aromatic carbocycles. The molecule has 474 valence electrons. The highest BCUT2D eigenvalue weighted by Gasteiger charge is 2.50. The van der Waals surface area contributed by atoms with E-state index in [-0.39, 0.29) is 59.6 Å². The van der Waals surface area contributed by atoms with E-state index in [0.717, 1.165) is 93.2 Å². The van der Waals surface area contributed by atoms with Gasteiger partial charge >= 0.3 is 23.5 Å². The number of fused-ring (bicyclic) bond motifs is 1. The summed E-state index contributed by atoms with van der Waals surface area (Å²) in [7, 11) is -16.5. The maximum Gasteiger partial charge on any atom is 0.481 e. The molecule has 2 amide bonds. The number of rotatable bonds is 46. The van der Waals surface area contributed by atoms with Crippen molar-refractivity contribution in [2.45, 2.75) is 193 Å². The quantitative estimate of drug-likeness (QED) is 0.0129. The average Bonchev–Trinajstić information content (AvgIpc) is 2.09. The number of ketones is 1. The van der Waals surface area contributed by atoms with Crippen LogP contribution in [-0.2, 0) is 55.5 Å². The monoisotopic (exact) mass is 1260 g/mol. The SMILES string of the molecule is CCC=CCC=CCC=CCC=CCC=CCCCCCCCCCCCCCCCC(=O)CC(=O)SCCNC(=O)CCNC(=O)C(O)C(C)(C)COP(=O)(O)OP(=O)(O)OCC1OC(n2cnc3c(N)ncnc32)C(O)C1OP(=O)(O)O. The van der Waals surface area contributed by atoms with E-state index in [9.17, 15) is 62.7 Å². The number of phosphoric ester groups is 3. The molecule has 0 aliphatic carbocycles. The number of carbonyl (C=O) groups is 4. The van der Waals surface area contributed by atoms with Crippen molar-refractivity contribution in [1.29, 1.82) is 0 Å². The third kappa shape index (κ3) is 31.5. The largest absolute Gasteiger partial charge is 0.481 e. The molecular weight excluding hydrogens is 1170 g/mol. The lowest BCUT2D eigenvalue weighted by Gasteiger charge is -2.30. The fourth-order valence-corrected chi connectivity index (χ4v) is 12.0. The van der Waals surface area contributed by atoms with E-state index in [1.807, 2.05) is 0 Å². The number of nitrogens with two attached hydrogens (primary N) is 1. The summed E-state index contributed by atoms with van der Waals surface area (Å²) < 4.78 is 62.6. The van der Waals surface area contributed by atoms with E-state index in [2.05, 4.69) is 102 Å². The highest BCUT2D eigenvalue weighted by Crippen LogP contribution is 2.61. The van der Waals surface area contributed by atoms with Gasteiger partial charge in [-0.05, 0) is 51.4 Å². The van der Waals surface area contributed by atoms with Gasteiger partial charge in [0, 0.05) is 37.1 Å². The number of amides is 2. The van der Waals surface area contributed by atoms with Crippen LogP contribution >= 0.6 is 35.2 Å². The molecule has 0 spiro atoms. The van der Waals surface area contributed by atoms with Crippen LogP contribution in [0.1, 0.15) is 168 Å². The Morgan fingerprint density at radius 2 is 1.30 bits per heavy atom. The first-order valence-electron chi connectivity index (χ1n) is 28.8. The first kappa shape index (κ1) is 74.2. The van der Waals surface area contributed by atoms with Crippen molar-refractivity contribution >= 4 is 74.9 Å². The molecule has 7 atom stereocenters. The molecule has 25 nitrogen and oxygen atoms in total. The van der Waals surface area contributed by atoms with Crippen LogP contribution in [0.15, 0.2) is 73.4 Å². The first-order chi connectivity index (χ1) is 39.9. The summed E-state index contributed by atoms with van der Waals surface area (Å²) in [5, 5.41) is 26.3. The third-order valence-electron chi connectivity index (χ3n) is 13.1. The standard InChI is InChI=1S/C55H90N7O18P3S/c1-4-5-6-7-8-9-10-11-12-13-14-15-16-17-18-19-20-21-22-23-24-25-26-27-28-29-30-31-32-33-43(63)38-46(65)84-37-36-57-45(64)34-35-58-53(68)50(67)55(2,3)40-77-83(74,75)80-82(72,73)76-39-44-49(79-81(69,70)71)48(66)54(78-44)62-42-61-47-51(56)59-41-60-52(47)62/h5-6,8-9,11-12,14-15,17-18,41-42,44,48-50,54,66-67H,4,7,10,13,16,19-40H2,1-3H3,(H,57,64)(H,58,68)(H,72,73)(H,74,75)(H2,56,59,60)(H2,69,70,71). The third-order valence-corrected chi connectivity index (χ3v) is 17.1. The molecule has 2 aromatic rings. The van der Waals surface area contributed by atoms with Crippen LogP contribution < -0.4 is 16.4 Å². The van der Waals surface area contributed by atoms with E-state index < -0.39 is 84.6 Å². The predicted octanol–water partition coefficient (Wildman–Crippen LogP) is 9.23. The maximum absolute atomic E-state index is 12.8. The van der Waals surface area contributed by atoms with Gasteiger partial charge in [-0.25, -0.2) is 28.6 Å². The number of ether oxygens (including phenoxy) is 1. The van der Waals surface area contributed by atoms with E-state index in [4.69, 9.17) is 19.5 Å². The minimum absolute atomic E-state index is 0.0255. The Hall–Kier alpha value is -4.07. The summed E-state index contributed by atoms with van der Waals surface area (Å²) in [6, 6.07) is 0. The van der Waals surface area contributed by atoms with Crippen LogP contribution in [0.2, 0.25) is 0 Å². The Morgan fingerprint density at radius 1 is 0.750 bits per heavy atom. The Morgan fingerprint density at radius 3 is 1.88 bits per heavy atom. The van der Waals surface area contributed by atoms with Crippen LogP contribution in [-0.4, -0.2) is 128 Å². The number of hydrogen-bond donors (Lipinski definition) is 9. The van der Waals surface area contributed by atoms with Crippen molar-refractivity contribution in [2.24, 2.45) is 5.41 Å². The molecule has 1 aliphatic rings. The number of unbranched alkanes of at least 4 members (excludes halogenated alkanes) is 13. The molecule has 3 heterocycles. The zero-order valence-corrected chi connectivity index (χ0v) is 52.1. The van der Waals surface area contributed by atoms with Gasteiger partial charge in [0.1, 0.15) is 42.0 Å². The summed E-state index contributed by atoms with van der Waals surface area (Å²) in [6.07, 6.45) is 37.0. The molecule has 3 rings (SSSR count). The lowest BCUT2D eigenvalue weighted by molar-refractivity contribution is -0.137. The van der Waals surface area contributed by atoms with Crippen LogP contribution in [0.25, 0.3) is 11.2 Å². The molecular formula is C55H90N7O18P3S. The highest BCUT2D eigenvalue weighted by molar-refractivity contribution is 8.13. The van der Waals surface area contributed by atoms with Crippen molar-refractivity contribution in [2.75, 3.05) is 37.8 Å². The molecule has 29 heteroatoms. The van der Waals surface area contributed by atoms with Crippen molar-refractivity contribution in [3.63, 3.8) is 0 Å². The zero-order valence-electron chi connectivity index (χ0n) is 48.6. The zero-order chi connectivity index (χ0) is 61.9. The molecule has 10 N–H and O–H groups in total. The van der Waals surface area contributed by atoms with Crippen LogP contribution in [0.3, 0.4) is 0 Å². The minimum Gasteiger partial charge on any atom is -0.386 e. The Labute approximate surface area is 497 Å². The van der Waals surface area contributed by atoms with Gasteiger partial charge in [0.05, 0.1) is 26.0 Å². The van der Waals surface area contributed by atoms with Crippen LogP contribution in [0.5, 0.6) is 0 Å². The topological polar surface area (TPSA) is 381 Å². The average molecular weight is 1260 g/mol. The summed E-state index contributed by atoms with van der Waals surface area (Å²) in [5.41, 5.74) is 4.25. The number of anilines is 1. The number of Topliss-reactive ketones (excluding diaryl/α,β-unsaturated/α-hetero) is 1. The van der Waals surface area contributed by atoms with E-state index in [1.165, 1.54) is 71.6 Å². The number of nitrogens with one attached hydrogen (secondary N) is 2. The Bertz CT molecular complexity index is 2610.